The quantitative estimate of drug-likeness (QED) is 0.867. The third-order valence-electron chi connectivity index (χ3n) is 3.57. The number of nitrogens with zero attached hydrogens (tertiary/aromatic N) is 1. The molecule has 1 aromatic carbocycles. The van der Waals surface area contributed by atoms with Crippen LogP contribution in [0.25, 0.3) is 0 Å². The highest BCUT2D eigenvalue weighted by Crippen LogP contribution is 2.33. The number of amides is 2. The number of piperazine rings is 1. The third kappa shape index (κ3) is 2.88. The summed E-state index contributed by atoms with van der Waals surface area (Å²) in [7, 11) is 0. The van der Waals surface area contributed by atoms with Gasteiger partial charge in [-0.3, -0.25) is 14.5 Å². The number of benzene rings is 1. The number of carbonyl (C=O) groups excluding carboxylic acids is 2. The highest BCUT2D eigenvalue weighted by molar-refractivity contribution is 6.34. The largest absolute Gasteiger partial charge is 0.342 e. The molecule has 114 valence electrons. The van der Waals surface area contributed by atoms with E-state index >= 15 is 0 Å². The molecule has 2 atom stereocenters. The van der Waals surface area contributed by atoms with Crippen molar-refractivity contribution in [2.45, 2.75) is 39.8 Å². The molecule has 0 radical (unpaired) electrons. The minimum atomic E-state index is -0.740. The van der Waals surface area contributed by atoms with E-state index in [1.54, 1.807) is 6.92 Å². The molecule has 1 fully saturated rings. The lowest BCUT2D eigenvalue weighted by molar-refractivity contribution is -0.136. The summed E-state index contributed by atoms with van der Waals surface area (Å²) in [6.07, 6.45) is 0. The molecule has 1 heterocycles. The number of carbonyl (C=O) groups is 2. The predicted octanol–water partition coefficient (Wildman–Crippen LogP) is 2.75. The van der Waals surface area contributed by atoms with Crippen LogP contribution in [0, 0.1) is 11.2 Å². The Morgan fingerprint density at radius 2 is 1.90 bits per heavy atom. The number of rotatable bonds is 1. The van der Waals surface area contributed by atoms with Crippen molar-refractivity contribution in [1.82, 2.24) is 5.32 Å². The SMILES string of the molecule is CC1C(=O)NC(C(C)(C)C)C(=O)N1c1cc(F)ccc1Cl. The van der Waals surface area contributed by atoms with Crippen LogP contribution in [0.1, 0.15) is 27.7 Å². The maximum absolute atomic E-state index is 13.5. The second kappa shape index (κ2) is 5.30. The molecule has 2 rings (SSSR count). The summed E-state index contributed by atoms with van der Waals surface area (Å²) in [5.41, 5.74) is -0.233. The molecular weight excluding hydrogens is 295 g/mol. The van der Waals surface area contributed by atoms with Gasteiger partial charge in [0, 0.05) is 0 Å². The topological polar surface area (TPSA) is 49.4 Å². The van der Waals surface area contributed by atoms with Crippen molar-refractivity contribution < 1.29 is 14.0 Å². The van der Waals surface area contributed by atoms with Gasteiger partial charge in [0.15, 0.2) is 0 Å². The molecule has 1 aromatic rings. The Balaban J connectivity index is 2.51. The van der Waals surface area contributed by atoms with Gasteiger partial charge in [0.25, 0.3) is 5.91 Å². The molecule has 2 amide bonds. The smallest absolute Gasteiger partial charge is 0.250 e. The van der Waals surface area contributed by atoms with Crippen LogP contribution in [-0.4, -0.2) is 23.9 Å². The van der Waals surface area contributed by atoms with E-state index < -0.39 is 23.3 Å². The van der Waals surface area contributed by atoms with Crippen LogP contribution in [-0.2, 0) is 9.59 Å². The van der Waals surface area contributed by atoms with Crippen LogP contribution in [0.2, 0.25) is 5.02 Å². The van der Waals surface area contributed by atoms with Crippen LogP contribution in [0.15, 0.2) is 18.2 Å². The maximum atomic E-state index is 13.5. The standard InChI is InChI=1S/C15H18ClFN2O2/c1-8-13(20)18-12(15(2,3)4)14(21)19(8)11-7-9(17)5-6-10(11)16/h5-8,12H,1-4H3,(H,18,20). The van der Waals surface area contributed by atoms with Gasteiger partial charge in [-0.15, -0.1) is 0 Å². The number of hydrogen-bond donors (Lipinski definition) is 1. The first-order valence-electron chi connectivity index (χ1n) is 6.71. The summed E-state index contributed by atoms with van der Waals surface area (Å²) in [5, 5.41) is 2.96. The van der Waals surface area contributed by atoms with Crippen LogP contribution in [0.3, 0.4) is 0 Å². The van der Waals surface area contributed by atoms with Gasteiger partial charge in [0.05, 0.1) is 10.7 Å². The molecule has 0 aromatic heterocycles. The lowest BCUT2D eigenvalue weighted by Gasteiger charge is -2.42. The maximum Gasteiger partial charge on any atom is 0.250 e. The van der Waals surface area contributed by atoms with E-state index in [9.17, 15) is 14.0 Å². The summed E-state index contributed by atoms with van der Waals surface area (Å²) in [5.74, 6) is -1.08. The fourth-order valence-electron chi connectivity index (χ4n) is 2.36. The highest BCUT2D eigenvalue weighted by Gasteiger charge is 2.44. The molecule has 6 heteroatoms. The van der Waals surface area contributed by atoms with Crippen molar-refractivity contribution in [2.24, 2.45) is 5.41 Å². The first-order valence-corrected chi connectivity index (χ1v) is 7.09. The minimum Gasteiger partial charge on any atom is -0.342 e. The van der Waals surface area contributed by atoms with Gasteiger partial charge < -0.3 is 5.32 Å². The Morgan fingerprint density at radius 3 is 2.48 bits per heavy atom. The van der Waals surface area contributed by atoms with Crippen LogP contribution in [0.5, 0.6) is 0 Å². The van der Waals surface area contributed by atoms with E-state index in [0.717, 1.165) is 0 Å². The summed E-state index contributed by atoms with van der Waals surface area (Å²) >= 11 is 6.08. The highest BCUT2D eigenvalue weighted by atomic mass is 35.5. The number of anilines is 1. The monoisotopic (exact) mass is 312 g/mol. The van der Waals surface area contributed by atoms with Gasteiger partial charge in [0.2, 0.25) is 5.91 Å². The Kier molecular flexibility index (Phi) is 3.97. The molecule has 1 aliphatic heterocycles. The van der Waals surface area contributed by atoms with Crippen molar-refractivity contribution in [3.63, 3.8) is 0 Å². The molecule has 2 unspecified atom stereocenters. The lowest BCUT2D eigenvalue weighted by Crippen LogP contribution is -2.66. The summed E-state index contributed by atoms with van der Waals surface area (Å²) < 4.78 is 13.5. The van der Waals surface area contributed by atoms with E-state index in [4.69, 9.17) is 11.6 Å². The van der Waals surface area contributed by atoms with E-state index in [1.165, 1.54) is 23.1 Å². The average Bonchev–Trinajstić information content (AvgIpc) is 2.36. The zero-order valence-corrected chi connectivity index (χ0v) is 13.2. The molecule has 0 bridgehead atoms. The molecule has 0 saturated carbocycles. The first kappa shape index (κ1) is 15.8. The average molecular weight is 313 g/mol. The van der Waals surface area contributed by atoms with E-state index in [0.29, 0.717) is 0 Å². The zero-order valence-electron chi connectivity index (χ0n) is 12.4. The Morgan fingerprint density at radius 1 is 1.29 bits per heavy atom. The first-order chi connectivity index (χ1) is 9.62. The molecule has 1 N–H and O–H groups in total. The van der Waals surface area contributed by atoms with Gasteiger partial charge in [-0.1, -0.05) is 32.4 Å². The number of halogens is 2. The number of nitrogens with one attached hydrogen (secondary N) is 1. The molecule has 1 saturated heterocycles. The van der Waals surface area contributed by atoms with E-state index in [1.807, 2.05) is 20.8 Å². The van der Waals surface area contributed by atoms with Crippen LogP contribution >= 0.6 is 11.6 Å². The molecule has 0 spiro atoms. The number of hydrogen-bond acceptors (Lipinski definition) is 2. The molecule has 4 nitrogen and oxygen atoms in total. The van der Waals surface area contributed by atoms with Gasteiger partial charge in [-0.25, -0.2) is 4.39 Å². The fourth-order valence-corrected chi connectivity index (χ4v) is 2.57. The molecular formula is C15H18ClFN2O2. The molecule has 21 heavy (non-hydrogen) atoms. The Bertz CT molecular complexity index is 598. The van der Waals surface area contributed by atoms with Gasteiger partial charge in [0.1, 0.15) is 17.9 Å². The fraction of sp³-hybridized carbons (Fsp3) is 0.467. The Labute approximate surface area is 128 Å². The van der Waals surface area contributed by atoms with Crippen molar-refractivity contribution in [1.29, 1.82) is 0 Å². The second-order valence-corrected chi connectivity index (χ2v) is 6.69. The van der Waals surface area contributed by atoms with Crippen molar-refractivity contribution in [3.8, 4) is 0 Å². The second-order valence-electron chi connectivity index (χ2n) is 6.29. The van der Waals surface area contributed by atoms with Crippen LogP contribution < -0.4 is 10.2 Å². The third-order valence-corrected chi connectivity index (χ3v) is 3.89. The van der Waals surface area contributed by atoms with Gasteiger partial charge in [-0.05, 0) is 30.5 Å². The minimum absolute atomic E-state index is 0.221. The zero-order chi connectivity index (χ0) is 15.9. The summed E-state index contributed by atoms with van der Waals surface area (Å²) in [6.45, 7) is 7.17. The van der Waals surface area contributed by atoms with Gasteiger partial charge >= 0.3 is 0 Å². The lowest BCUT2D eigenvalue weighted by atomic mass is 9.84. The van der Waals surface area contributed by atoms with E-state index in [2.05, 4.69) is 5.32 Å². The molecule has 0 aliphatic carbocycles. The summed E-state index contributed by atoms with van der Waals surface area (Å²) in [6, 6.07) is 2.35. The van der Waals surface area contributed by atoms with Crippen molar-refractivity contribution in [3.05, 3.63) is 29.0 Å². The van der Waals surface area contributed by atoms with Gasteiger partial charge in [-0.2, -0.15) is 0 Å². The van der Waals surface area contributed by atoms with E-state index in [-0.39, 0.29) is 22.5 Å². The normalized spacial score (nSPS) is 23.2. The predicted molar refractivity (Wildman–Crippen MR) is 79.7 cm³/mol. The van der Waals surface area contributed by atoms with Crippen LogP contribution in [0.4, 0.5) is 10.1 Å². The van der Waals surface area contributed by atoms with Crippen molar-refractivity contribution in [2.75, 3.05) is 4.90 Å². The van der Waals surface area contributed by atoms with Crippen molar-refractivity contribution >= 4 is 29.1 Å². The summed E-state index contributed by atoms with van der Waals surface area (Å²) in [4.78, 5) is 26.1. The Hall–Kier alpha value is -1.62. The molecule has 1 aliphatic rings.